The van der Waals surface area contributed by atoms with Gasteiger partial charge in [-0.3, -0.25) is 4.79 Å². The summed E-state index contributed by atoms with van der Waals surface area (Å²) in [7, 11) is 0. The monoisotopic (exact) mass is 428 g/mol. The third-order valence-corrected chi connectivity index (χ3v) is 3.89. The molecule has 2 aromatic heterocycles. The highest BCUT2D eigenvalue weighted by atomic mass is 79.9. The maximum atomic E-state index is 12.9. The summed E-state index contributed by atoms with van der Waals surface area (Å²) in [5.74, 6) is -0.366. The van der Waals surface area contributed by atoms with Gasteiger partial charge in [0.15, 0.2) is 5.69 Å². The van der Waals surface area contributed by atoms with E-state index in [4.69, 9.17) is 0 Å². The van der Waals surface area contributed by atoms with Gasteiger partial charge in [-0.2, -0.15) is 27.8 Å². The molecule has 0 unspecified atom stereocenters. The summed E-state index contributed by atoms with van der Waals surface area (Å²) in [6, 6.07) is 7.64. The number of amides is 1. The van der Waals surface area contributed by atoms with Crippen LogP contribution in [-0.2, 0) is 6.18 Å². The standard InChI is InChI=1S/C15H12BrF3N6O/c16-10-3-1-9(2-4-10)13(26)21-6-5-20-12-7-11(15(17,18)19)24-14-22-8-23-25(12)14/h1-4,7-8,20H,5-6H2,(H,21,26). The fourth-order valence-corrected chi connectivity index (χ4v) is 2.42. The molecule has 11 heteroatoms. The zero-order valence-electron chi connectivity index (χ0n) is 13.1. The number of benzene rings is 1. The Kier molecular flexibility index (Phi) is 5.07. The minimum atomic E-state index is -4.60. The molecule has 0 aliphatic rings. The number of anilines is 1. The summed E-state index contributed by atoms with van der Waals surface area (Å²) in [5.41, 5.74) is -0.588. The first-order valence-corrected chi connectivity index (χ1v) is 8.19. The smallest absolute Gasteiger partial charge is 0.368 e. The van der Waals surface area contributed by atoms with Gasteiger partial charge in [-0.05, 0) is 24.3 Å². The number of aromatic nitrogens is 4. The number of rotatable bonds is 5. The van der Waals surface area contributed by atoms with Crippen LogP contribution in [0.25, 0.3) is 5.78 Å². The van der Waals surface area contributed by atoms with E-state index in [1.165, 1.54) is 0 Å². The first-order chi connectivity index (χ1) is 12.3. The Hall–Kier alpha value is -2.69. The van der Waals surface area contributed by atoms with Crippen LogP contribution in [0.2, 0.25) is 0 Å². The molecule has 26 heavy (non-hydrogen) atoms. The Bertz CT molecular complexity index is 925. The van der Waals surface area contributed by atoms with Gasteiger partial charge in [0.05, 0.1) is 0 Å². The fourth-order valence-electron chi connectivity index (χ4n) is 2.15. The van der Waals surface area contributed by atoms with Crippen molar-refractivity contribution in [2.45, 2.75) is 6.18 Å². The van der Waals surface area contributed by atoms with E-state index in [-0.39, 0.29) is 30.6 Å². The van der Waals surface area contributed by atoms with Crippen LogP contribution in [0.3, 0.4) is 0 Å². The molecule has 0 atom stereocenters. The average molecular weight is 429 g/mol. The van der Waals surface area contributed by atoms with E-state index in [9.17, 15) is 18.0 Å². The Labute approximate surface area is 153 Å². The summed E-state index contributed by atoms with van der Waals surface area (Å²) < 4.78 is 40.7. The lowest BCUT2D eigenvalue weighted by atomic mass is 10.2. The lowest BCUT2D eigenvalue weighted by molar-refractivity contribution is -0.141. The molecule has 0 aliphatic heterocycles. The molecule has 0 bridgehead atoms. The summed E-state index contributed by atoms with van der Waals surface area (Å²) in [5, 5.41) is 9.31. The van der Waals surface area contributed by atoms with Gasteiger partial charge in [0.2, 0.25) is 0 Å². The molecular formula is C15H12BrF3N6O. The van der Waals surface area contributed by atoms with Crippen LogP contribution < -0.4 is 10.6 Å². The maximum absolute atomic E-state index is 12.9. The lowest BCUT2D eigenvalue weighted by Gasteiger charge is -2.12. The van der Waals surface area contributed by atoms with Crippen molar-refractivity contribution in [2.75, 3.05) is 18.4 Å². The van der Waals surface area contributed by atoms with E-state index < -0.39 is 11.9 Å². The summed E-state index contributed by atoms with van der Waals surface area (Å²) in [6.45, 7) is 0.396. The minimum Gasteiger partial charge on any atom is -0.368 e. The number of alkyl halides is 3. The first-order valence-electron chi connectivity index (χ1n) is 7.40. The van der Waals surface area contributed by atoms with Gasteiger partial charge in [-0.25, -0.2) is 4.98 Å². The fraction of sp³-hybridized carbons (Fsp3) is 0.200. The van der Waals surface area contributed by atoms with E-state index in [1.807, 2.05) is 0 Å². The Morgan fingerprint density at radius 2 is 1.92 bits per heavy atom. The number of fused-ring (bicyclic) bond motifs is 1. The van der Waals surface area contributed by atoms with Gasteiger partial charge in [0.1, 0.15) is 12.1 Å². The third kappa shape index (κ3) is 4.10. The second-order valence-corrected chi connectivity index (χ2v) is 6.10. The van der Waals surface area contributed by atoms with Crippen LogP contribution >= 0.6 is 15.9 Å². The molecule has 2 N–H and O–H groups in total. The highest BCUT2D eigenvalue weighted by Crippen LogP contribution is 2.29. The molecule has 0 saturated heterocycles. The highest BCUT2D eigenvalue weighted by molar-refractivity contribution is 9.10. The van der Waals surface area contributed by atoms with Gasteiger partial charge in [-0.15, -0.1) is 0 Å². The number of hydrogen-bond acceptors (Lipinski definition) is 5. The Morgan fingerprint density at radius 1 is 1.19 bits per heavy atom. The quantitative estimate of drug-likeness (QED) is 0.610. The van der Waals surface area contributed by atoms with Crippen LogP contribution in [0.5, 0.6) is 0 Å². The summed E-state index contributed by atoms with van der Waals surface area (Å²) in [4.78, 5) is 19.1. The second-order valence-electron chi connectivity index (χ2n) is 5.19. The topological polar surface area (TPSA) is 84.2 Å². The van der Waals surface area contributed by atoms with Crippen LogP contribution in [0.1, 0.15) is 16.1 Å². The highest BCUT2D eigenvalue weighted by Gasteiger charge is 2.34. The molecule has 0 spiro atoms. The normalized spacial score (nSPS) is 11.5. The number of nitrogens with zero attached hydrogens (tertiary/aromatic N) is 4. The molecule has 7 nitrogen and oxygen atoms in total. The van der Waals surface area contributed by atoms with Crippen molar-refractivity contribution in [3.63, 3.8) is 0 Å². The van der Waals surface area contributed by atoms with E-state index >= 15 is 0 Å². The van der Waals surface area contributed by atoms with Crippen LogP contribution in [0.4, 0.5) is 19.0 Å². The van der Waals surface area contributed by atoms with Crippen molar-refractivity contribution in [2.24, 2.45) is 0 Å². The van der Waals surface area contributed by atoms with Crippen LogP contribution in [-0.4, -0.2) is 38.6 Å². The van der Waals surface area contributed by atoms with E-state index in [1.54, 1.807) is 24.3 Å². The molecule has 0 saturated carbocycles. The van der Waals surface area contributed by atoms with Crippen LogP contribution in [0.15, 0.2) is 41.1 Å². The number of halogens is 4. The molecule has 3 aromatic rings. The number of nitrogens with one attached hydrogen (secondary N) is 2. The number of hydrogen-bond donors (Lipinski definition) is 2. The van der Waals surface area contributed by atoms with Crippen molar-refractivity contribution in [1.29, 1.82) is 0 Å². The van der Waals surface area contributed by atoms with E-state index in [0.717, 1.165) is 21.4 Å². The van der Waals surface area contributed by atoms with Crippen molar-refractivity contribution in [3.05, 3.63) is 52.4 Å². The largest absolute Gasteiger partial charge is 0.433 e. The third-order valence-electron chi connectivity index (χ3n) is 3.37. The molecule has 1 amide bonds. The lowest BCUT2D eigenvalue weighted by Crippen LogP contribution is -2.29. The van der Waals surface area contributed by atoms with Crippen LogP contribution in [0, 0.1) is 0 Å². The molecule has 0 radical (unpaired) electrons. The van der Waals surface area contributed by atoms with Gasteiger partial charge in [0.25, 0.3) is 11.7 Å². The van der Waals surface area contributed by atoms with Gasteiger partial charge in [-0.1, -0.05) is 15.9 Å². The minimum absolute atomic E-state index is 0.0812. The molecule has 2 heterocycles. The maximum Gasteiger partial charge on any atom is 0.433 e. The average Bonchev–Trinajstić information content (AvgIpc) is 3.07. The first kappa shape index (κ1) is 18.1. The molecule has 3 rings (SSSR count). The molecular weight excluding hydrogens is 417 g/mol. The van der Waals surface area contributed by atoms with E-state index in [2.05, 4.69) is 41.6 Å². The predicted octanol–water partition coefficient (Wildman–Crippen LogP) is 2.75. The SMILES string of the molecule is O=C(NCCNc1cc(C(F)(F)F)nc2ncnn12)c1ccc(Br)cc1. The number of carbonyl (C=O) groups excluding carboxylic acids is 1. The summed E-state index contributed by atoms with van der Waals surface area (Å²) >= 11 is 3.28. The molecule has 136 valence electrons. The Morgan fingerprint density at radius 3 is 2.62 bits per heavy atom. The molecule has 0 fully saturated rings. The van der Waals surface area contributed by atoms with Gasteiger partial charge in [0, 0.05) is 29.2 Å². The Balaban J connectivity index is 1.63. The second kappa shape index (κ2) is 7.28. The van der Waals surface area contributed by atoms with E-state index in [0.29, 0.717) is 5.56 Å². The van der Waals surface area contributed by atoms with Crippen molar-refractivity contribution >= 4 is 33.4 Å². The van der Waals surface area contributed by atoms with Crippen molar-refractivity contribution < 1.29 is 18.0 Å². The molecule has 1 aromatic carbocycles. The van der Waals surface area contributed by atoms with Gasteiger partial charge < -0.3 is 10.6 Å². The van der Waals surface area contributed by atoms with Gasteiger partial charge >= 0.3 is 6.18 Å². The zero-order valence-corrected chi connectivity index (χ0v) is 14.7. The summed E-state index contributed by atoms with van der Waals surface area (Å²) in [6.07, 6.45) is -3.48. The van der Waals surface area contributed by atoms with Crippen molar-refractivity contribution in [3.8, 4) is 0 Å². The predicted molar refractivity (Wildman–Crippen MR) is 90.7 cm³/mol. The van der Waals surface area contributed by atoms with Crippen molar-refractivity contribution in [1.82, 2.24) is 24.9 Å². The molecule has 0 aliphatic carbocycles. The zero-order chi connectivity index (χ0) is 18.7. The number of carbonyl (C=O) groups is 1.